The Balaban J connectivity index is 0.000000227. The lowest BCUT2D eigenvalue weighted by molar-refractivity contribution is -0.123. The van der Waals surface area contributed by atoms with E-state index in [1.807, 2.05) is 83.3 Å². The van der Waals surface area contributed by atoms with Gasteiger partial charge in [0.15, 0.2) is 0 Å². The zero-order valence-electron chi connectivity index (χ0n) is 24.8. The molecule has 0 spiro atoms. The Hall–Kier alpha value is -2.36. The van der Waals surface area contributed by atoms with Crippen LogP contribution in [0.4, 0.5) is 0 Å². The third-order valence-electron chi connectivity index (χ3n) is 5.35. The minimum Gasteiger partial charge on any atom is -0.473 e. The quantitative estimate of drug-likeness (QED) is 0.303. The summed E-state index contributed by atoms with van der Waals surface area (Å²) >= 11 is 1.64. The first kappa shape index (κ1) is 32.8. The lowest BCUT2D eigenvalue weighted by Crippen LogP contribution is -2.32. The normalized spacial score (nSPS) is 13.6. The zero-order chi connectivity index (χ0) is 29.4. The van der Waals surface area contributed by atoms with Gasteiger partial charge >= 0.3 is 0 Å². The third kappa shape index (κ3) is 11.7. The Labute approximate surface area is 238 Å². The van der Waals surface area contributed by atoms with E-state index in [9.17, 15) is 13.2 Å². The number of Topliss-reactive ketones (excluding diaryl/α,β-unsaturated/α-hetero) is 1. The molecular weight excluding hydrogens is 530 g/mol. The molecule has 1 aromatic carbocycles. The molecule has 2 heterocycles. The van der Waals surface area contributed by atoms with Crippen molar-refractivity contribution >= 4 is 38.2 Å². The van der Waals surface area contributed by atoms with Crippen LogP contribution in [0.15, 0.2) is 41.8 Å². The molecule has 1 aliphatic rings. The van der Waals surface area contributed by atoms with Crippen molar-refractivity contribution in [1.29, 1.82) is 0 Å². The maximum absolute atomic E-state index is 11.2. The van der Waals surface area contributed by atoms with E-state index in [0.717, 1.165) is 34.4 Å². The fraction of sp³-hybridized carbons (Fsp3) is 0.567. The van der Waals surface area contributed by atoms with E-state index < -0.39 is 10.0 Å². The molecule has 2 aromatic heterocycles. The van der Waals surface area contributed by atoms with Crippen molar-refractivity contribution in [2.75, 3.05) is 0 Å². The highest BCUT2D eigenvalue weighted by atomic mass is 32.2. The van der Waals surface area contributed by atoms with Crippen molar-refractivity contribution in [1.82, 2.24) is 14.7 Å². The van der Waals surface area contributed by atoms with Crippen molar-refractivity contribution in [2.45, 2.75) is 99.0 Å². The van der Waals surface area contributed by atoms with Crippen LogP contribution in [0.2, 0.25) is 0 Å². The molecule has 0 bridgehead atoms. The summed E-state index contributed by atoms with van der Waals surface area (Å²) in [5, 5.41) is 1.95. The number of benzene rings is 1. The highest BCUT2D eigenvalue weighted by Gasteiger charge is 2.35. The van der Waals surface area contributed by atoms with Gasteiger partial charge in [0, 0.05) is 18.4 Å². The number of carbonyl (C=O) groups excluding carboxylic acids is 1. The number of sulfonamides is 1. The average Bonchev–Trinajstić information content (AvgIpc) is 3.54. The second-order valence-electron chi connectivity index (χ2n) is 11.9. The molecule has 1 aliphatic carbocycles. The number of hydrogen-bond acceptors (Lipinski definition) is 7. The van der Waals surface area contributed by atoms with Gasteiger partial charge in [-0.05, 0) is 69.5 Å². The van der Waals surface area contributed by atoms with E-state index in [1.165, 1.54) is 0 Å². The Morgan fingerprint density at radius 3 is 2.00 bits per heavy atom. The van der Waals surface area contributed by atoms with Crippen LogP contribution in [0.3, 0.4) is 0 Å². The number of nitrogens with one attached hydrogen (secondary N) is 1. The van der Waals surface area contributed by atoms with Gasteiger partial charge in [-0.15, -0.1) is 11.3 Å². The largest absolute Gasteiger partial charge is 0.473 e. The van der Waals surface area contributed by atoms with Crippen molar-refractivity contribution in [3.05, 3.63) is 41.8 Å². The van der Waals surface area contributed by atoms with Gasteiger partial charge in [0.05, 0.1) is 27.3 Å². The van der Waals surface area contributed by atoms with Gasteiger partial charge in [0.1, 0.15) is 11.5 Å². The second-order valence-corrected chi connectivity index (χ2v) is 14.8. The van der Waals surface area contributed by atoms with E-state index in [-0.39, 0.29) is 28.7 Å². The number of ketones is 1. The molecule has 1 N–H and O–H groups in total. The number of aromatic nitrogens is 2. The summed E-state index contributed by atoms with van der Waals surface area (Å²) in [5.74, 6) is 1.17. The number of hydrogen-bond donors (Lipinski definition) is 1. The van der Waals surface area contributed by atoms with Crippen LogP contribution in [0.25, 0.3) is 21.6 Å². The van der Waals surface area contributed by atoms with Crippen LogP contribution in [0.5, 0.6) is 5.88 Å². The van der Waals surface area contributed by atoms with Crippen molar-refractivity contribution < 1.29 is 17.9 Å². The molecule has 0 unspecified atom stereocenters. The van der Waals surface area contributed by atoms with Crippen molar-refractivity contribution in [3.8, 4) is 16.5 Å². The van der Waals surface area contributed by atoms with Gasteiger partial charge < -0.3 is 4.74 Å². The van der Waals surface area contributed by atoms with Gasteiger partial charge in [-0.25, -0.2) is 23.1 Å². The third-order valence-corrected chi connectivity index (χ3v) is 8.38. The minimum atomic E-state index is -2.94. The van der Waals surface area contributed by atoms with E-state index in [1.54, 1.807) is 11.3 Å². The molecule has 3 aromatic rings. The molecule has 1 fully saturated rings. The highest BCUT2D eigenvalue weighted by molar-refractivity contribution is 7.90. The predicted octanol–water partition coefficient (Wildman–Crippen LogP) is 7.27. The average molecular weight is 576 g/mol. The molecule has 0 aliphatic heterocycles. The maximum Gasteiger partial charge on any atom is 0.242 e. The zero-order valence-corrected chi connectivity index (χ0v) is 26.4. The SMILES string of the molecule is CC(C)C(=O)CC(C)(C)C.CC(C)NS(=O)(=O)C1CC1.CC(C)Oc1nc2ccccc2nc1-c1cccs1. The molecule has 9 heteroatoms. The number of nitrogens with zero attached hydrogens (tertiary/aromatic N) is 2. The molecule has 4 rings (SSSR count). The van der Waals surface area contributed by atoms with Gasteiger partial charge in [-0.3, -0.25) is 4.79 Å². The lowest BCUT2D eigenvalue weighted by Gasteiger charge is -2.17. The molecule has 1 saturated carbocycles. The maximum atomic E-state index is 11.2. The van der Waals surface area contributed by atoms with Gasteiger partial charge in [0.2, 0.25) is 15.9 Å². The van der Waals surface area contributed by atoms with Crippen LogP contribution < -0.4 is 9.46 Å². The van der Waals surface area contributed by atoms with Gasteiger partial charge in [-0.2, -0.15) is 0 Å². The summed E-state index contributed by atoms with van der Waals surface area (Å²) in [6.45, 7) is 17.8. The van der Waals surface area contributed by atoms with Gasteiger partial charge in [-0.1, -0.05) is 52.8 Å². The summed E-state index contributed by atoms with van der Waals surface area (Å²) in [5.41, 5.74) is 2.73. The number of rotatable bonds is 8. The Bertz CT molecular complexity index is 1290. The molecule has 0 amide bonds. The number of carbonyl (C=O) groups is 1. The standard InChI is InChI=1S/C15H14N2OS.C9H18O.C6H13NO2S/c1-10(2)18-15-14(13-8-5-9-19-13)16-11-6-3-4-7-12(11)17-15;1-7(2)8(10)6-9(3,4)5;1-5(2)7-10(8,9)6-3-4-6/h3-10H,1-2H3;7H,6H2,1-5H3;5-7H,3-4H2,1-2H3. The topological polar surface area (TPSA) is 98.2 Å². The molecule has 0 atom stereocenters. The van der Waals surface area contributed by atoms with E-state index >= 15 is 0 Å². The molecule has 0 radical (unpaired) electrons. The molecule has 39 heavy (non-hydrogen) atoms. The fourth-order valence-corrected chi connectivity index (χ4v) is 5.70. The number of fused-ring (bicyclic) bond motifs is 1. The summed E-state index contributed by atoms with van der Waals surface area (Å²) in [6, 6.07) is 11.9. The number of para-hydroxylation sites is 2. The first-order chi connectivity index (χ1) is 18.1. The van der Waals surface area contributed by atoms with Crippen LogP contribution >= 0.6 is 11.3 Å². The van der Waals surface area contributed by atoms with Gasteiger partial charge in [0.25, 0.3) is 0 Å². The van der Waals surface area contributed by atoms with Crippen molar-refractivity contribution in [2.24, 2.45) is 11.3 Å². The Morgan fingerprint density at radius 1 is 1.00 bits per heavy atom. The Kier molecular flexibility index (Phi) is 12.1. The summed E-state index contributed by atoms with van der Waals surface area (Å²) in [6.07, 6.45) is 2.45. The molecule has 0 saturated heterocycles. The van der Waals surface area contributed by atoms with E-state index in [0.29, 0.717) is 18.1 Å². The monoisotopic (exact) mass is 575 g/mol. The fourth-order valence-electron chi connectivity index (χ4n) is 3.39. The summed E-state index contributed by atoms with van der Waals surface area (Å²) in [4.78, 5) is 21.5. The summed E-state index contributed by atoms with van der Waals surface area (Å²) < 4.78 is 30.5. The van der Waals surface area contributed by atoms with Crippen LogP contribution in [0, 0.1) is 11.3 Å². The number of thiophene rings is 1. The van der Waals surface area contributed by atoms with E-state index in [2.05, 4.69) is 30.5 Å². The van der Waals surface area contributed by atoms with E-state index in [4.69, 9.17) is 9.72 Å². The minimum absolute atomic E-state index is 0.0330. The molecule has 7 nitrogen and oxygen atoms in total. The second kappa shape index (κ2) is 14.3. The Morgan fingerprint density at radius 2 is 1.59 bits per heavy atom. The molecule has 216 valence electrons. The first-order valence-electron chi connectivity index (χ1n) is 13.6. The summed E-state index contributed by atoms with van der Waals surface area (Å²) in [7, 11) is -2.94. The van der Waals surface area contributed by atoms with Crippen molar-refractivity contribution in [3.63, 3.8) is 0 Å². The van der Waals surface area contributed by atoms with Crippen LogP contribution in [0.1, 0.15) is 81.6 Å². The predicted molar refractivity (Wildman–Crippen MR) is 163 cm³/mol. The number of ether oxygens (including phenoxy) is 1. The highest BCUT2D eigenvalue weighted by Crippen LogP contribution is 2.32. The van der Waals surface area contributed by atoms with Crippen LogP contribution in [-0.4, -0.2) is 41.6 Å². The smallest absolute Gasteiger partial charge is 0.242 e. The van der Waals surface area contributed by atoms with Crippen LogP contribution in [-0.2, 0) is 14.8 Å². The first-order valence-corrected chi connectivity index (χ1v) is 16.0. The molecular formula is C30H45N3O4S2. The lowest BCUT2D eigenvalue weighted by atomic mass is 9.87.